The molecule has 0 atom stereocenters. The minimum absolute atomic E-state index is 0.151. The van der Waals surface area contributed by atoms with E-state index in [0.29, 0.717) is 5.75 Å². The Kier molecular flexibility index (Phi) is 3.48. The first-order chi connectivity index (χ1) is 11.0. The van der Waals surface area contributed by atoms with Crippen LogP contribution < -0.4 is 4.74 Å². The summed E-state index contributed by atoms with van der Waals surface area (Å²) in [5.41, 5.74) is -1.42. The van der Waals surface area contributed by atoms with Crippen molar-refractivity contribution in [2.24, 2.45) is 0 Å². The summed E-state index contributed by atoms with van der Waals surface area (Å²) in [6.07, 6.45) is 0. The Hall–Kier alpha value is -2.95. The largest absolute Gasteiger partial charge is 0.497 e. The fourth-order valence-corrected chi connectivity index (χ4v) is 2.75. The zero-order valence-electron chi connectivity index (χ0n) is 12.6. The fourth-order valence-electron chi connectivity index (χ4n) is 2.75. The number of esters is 1. The van der Waals surface area contributed by atoms with Crippen molar-refractivity contribution in [3.05, 3.63) is 65.2 Å². The molecule has 0 bridgehead atoms. The number of ketones is 2. The third kappa shape index (κ3) is 2.12. The van der Waals surface area contributed by atoms with E-state index < -0.39 is 23.1 Å². The predicted octanol–water partition coefficient (Wildman–Crippen LogP) is 2.33. The van der Waals surface area contributed by atoms with Gasteiger partial charge in [0, 0.05) is 23.6 Å². The molecule has 0 aliphatic heterocycles. The van der Waals surface area contributed by atoms with E-state index in [2.05, 4.69) is 6.07 Å². The van der Waals surface area contributed by atoms with E-state index in [1.165, 1.54) is 19.2 Å². The molecule has 0 fully saturated rings. The van der Waals surface area contributed by atoms with Crippen molar-refractivity contribution in [2.75, 3.05) is 7.11 Å². The number of carbonyl (C=O) groups excluding carboxylic acids is 3. The number of fused-ring (bicyclic) bond motifs is 1. The highest BCUT2D eigenvalue weighted by atomic mass is 16.6. The average molecular weight is 309 g/mol. The second-order valence-corrected chi connectivity index (χ2v) is 5.12. The van der Waals surface area contributed by atoms with Crippen molar-refractivity contribution in [2.45, 2.75) is 12.5 Å². The minimum Gasteiger partial charge on any atom is -0.497 e. The molecule has 0 heterocycles. The second-order valence-electron chi connectivity index (χ2n) is 5.12. The van der Waals surface area contributed by atoms with Gasteiger partial charge in [0.05, 0.1) is 7.11 Å². The lowest BCUT2D eigenvalue weighted by molar-refractivity contribution is -0.149. The van der Waals surface area contributed by atoms with Gasteiger partial charge in [-0.15, -0.1) is 0 Å². The first-order valence-corrected chi connectivity index (χ1v) is 6.95. The molecule has 0 unspecified atom stereocenters. The van der Waals surface area contributed by atoms with Gasteiger partial charge in [0.25, 0.3) is 5.60 Å². The van der Waals surface area contributed by atoms with Gasteiger partial charge in [0.2, 0.25) is 11.6 Å². The summed E-state index contributed by atoms with van der Waals surface area (Å²) in [6, 6.07) is 13.8. The van der Waals surface area contributed by atoms with Gasteiger partial charge in [0.1, 0.15) is 5.75 Å². The van der Waals surface area contributed by atoms with Crippen molar-refractivity contribution in [1.82, 2.24) is 0 Å². The monoisotopic (exact) mass is 309 g/mol. The van der Waals surface area contributed by atoms with Crippen molar-refractivity contribution in [3.63, 3.8) is 0 Å². The third-order valence-electron chi connectivity index (χ3n) is 3.74. The fraction of sp³-hybridized carbons (Fsp3) is 0.167. The van der Waals surface area contributed by atoms with E-state index in [1.54, 1.807) is 30.3 Å². The van der Waals surface area contributed by atoms with Gasteiger partial charge < -0.3 is 9.47 Å². The molecule has 1 aliphatic rings. The Morgan fingerprint density at radius 3 is 2.22 bits per heavy atom. The molecule has 5 heteroatoms. The number of hydrogen-bond acceptors (Lipinski definition) is 5. The number of hydrogen-bond donors (Lipinski definition) is 0. The molecule has 0 spiro atoms. The van der Waals surface area contributed by atoms with Crippen LogP contribution in [0, 0.1) is 6.07 Å². The molecule has 1 radical (unpaired) electrons. The van der Waals surface area contributed by atoms with Crippen molar-refractivity contribution in [1.29, 1.82) is 0 Å². The first-order valence-electron chi connectivity index (χ1n) is 6.95. The van der Waals surface area contributed by atoms with Crippen LogP contribution in [0.25, 0.3) is 0 Å². The first kappa shape index (κ1) is 15.0. The Balaban J connectivity index is 2.25. The summed E-state index contributed by atoms with van der Waals surface area (Å²) in [5.74, 6) is -1.44. The van der Waals surface area contributed by atoms with Crippen LogP contribution in [0.3, 0.4) is 0 Å². The quantitative estimate of drug-likeness (QED) is 0.643. The standard InChI is InChI=1S/C18H13O5/c1-11(19)23-18(12-6-5-7-13(10-12)22-2)16(20)14-8-3-4-9-15(14)17(18)21/h3-5,7-10H,1-2H3. The summed E-state index contributed by atoms with van der Waals surface area (Å²) in [6.45, 7) is 1.16. The topological polar surface area (TPSA) is 69.7 Å². The molecule has 0 saturated carbocycles. The predicted molar refractivity (Wildman–Crippen MR) is 80.4 cm³/mol. The number of ether oxygens (including phenoxy) is 2. The Labute approximate surface area is 132 Å². The lowest BCUT2D eigenvalue weighted by Crippen LogP contribution is -2.42. The van der Waals surface area contributed by atoms with Gasteiger partial charge in [-0.2, -0.15) is 0 Å². The Morgan fingerprint density at radius 2 is 1.70 bits per heavy atom. The van der Waals surface area contributed by atoms with Gasteiger partial charge in [-0.1, -0.05) is 30.3 Å². The normalized spacial score (nSPS) is 15.2. The molecular formula is C18H13O5. The van der Waals surface area contributed by atoms with E-state index >= 15 is 0 Å². The van der Waals surface area contributed by atoms with E-state index in [-0.39, 0.29) is 16.7 Å². The maximum absolute atomic E-state index is 12.9. The summed E-state index contributed by atoms with van der Waals surface area (Å²) < 4.78 is 10.4. The summed E-state index contributed by atoms with van der Waals surface area (Å²) >= 11 is 0. The number of carbonyl (C=O) groups is 3. The van der Waals surface area contributed by atoms with E-state index in [9.17, 15) is 14.4 Å². The SMILES string of the molecule is COc1cc[c]c(C2(OC(C)=O)C(=O)c3ccccc3C2=O)c1. The molecule has 2 aromatic rings. The molecule has 23 heavy (non-hydrogen) atoms. The zero-order chi connectivity index (χ0) is 16.6. The highest BCUT2D eigenvalue weighted by molar-refractivity contribution is 6.32. The lowest BCUT2D eigenvalue weighted by Gasteiger charge is -2.25. The van der Waals surface area contributed by atoms with E-state index in [0.717, 1.165) is 6.92 Å². The number of methoxy groups -OCH3 is 1. The van der Waals surface area contributed by atoms with Gasteiger partial charge in [-0.05, 0) is 18.2 Å². The third-order valence-corrected chi connectivity index (χ3v) is 3.74. The van der Waals surface area contributed by atoms with Gasteiger partial charge in [0.15, 0.2) is 0 Å². The molecule has 115 valence electrons. The van der Waals surface area contributed by atoms with Crippen LogP contribution >= 0.6 is 0 Å². The summed E-state index contributed by atoms with van der Waals surface area (Å²) in [4.78, 5) is 37.4. The average Bonchev–Trinajstić information content (AvgIpc) is 2.78. The molecule has 0 aromatic heterocycles. The zero-order valence-corrected chi connectivity index (χ0v) is 12.6. The Bertz CT molecular complexity index is 787. The van der Waals surface area contributed by atoms with Crippen LogP contribution in [-0.4, -0.2) is 24.6 Å². The van der Waals surface area contributed by atoms with Gasteiger partial charge in [-0.25, -0.2) is 0 Å². The maximum Gasteiger partial charge on any atom is 0.304 e. The molecule has 0 saturated heterocycles. The van der Waals surface area contributed by atoms with Crippen LogP contribution in [0.15, 0.2) is 42.5 Å². The van der Waals surface area contributed by atoms with Crippen LogP contribution in [0.1, 0.15) is 33.2 Å². The smallest absolute Gasteiger partial charge is 0.304 e. The van der Waals surface area contributed by atoms with Crippen LogP contribution in [-0.2, 0) is 15.1 Å². The molecular weight excluding hydrogens is 296 g/mol. The second kappa shape index (κ2) is 5.35. The number of rotatable bonds is 3. The van der Waals surface area contributed by atoms with Crippen molar-refractivity contribution in [3.8, 4) is 5.75 Å². The highest BCUT2D eigenvalue weighted by Crippen LogP contribution is 2.41. The van der Waals surface area contributed by atoms with E-state index in [4.69, 9.17) is 9.47 Å². The number of benzene rings is 2. The van der Waals surface area contributed by atoms with Crippen LogP contribution in [0.2, 0.25) is 0 Å². The van der Waals surface area contributed by atoms with Gasteiger partial charge in [-0.3, -0.25) is 14.4 Å². The number of Topliss-reactive ketones (excluding diaryl/α,β-unsaturated/α-hetero) is 2. The molecule has 5 nitrogen and oxygen atoms in total. The van der Waals surface area contributed by atoms with Crippen molar-refractivity contribution < 1.29 is 23.9 Å². The summed E-state index contributed by atoms with van der Waals surface area (Å²) in [5, 5.41) is 0. The molecule has 0 amide bonds. The van der Waals surface area contributed by atoms with Crippen LogP contribution in [0.4, 0.5) is 0 Å². The van der Waals surface area contributed by atoms with Crippen molar-refractivity contribution >= 4 is 17.5 Å². The molecule has 0 N–H and O–H groups in total. The van der Waals surface area contributed by atoms with E-state index in [1.807, 2.05) is 0 Å². The summed E-state index contributed by atoms with van der Waals surface area (Å²) in [7, 11) is 1.46. The minimum atomic E-state index is -2.04. The highest BCUT2D eigenvalue weighted by Gasteiger charge is 2.57. The molecule has 1 aliphatic carbocycles. The Morgan fingerprint density at radius 1 is 1.09 bits per heavy atom. The lowest BCUT2D eigenvalue weighted by atomic mass is 9.88. The molecule has 3 rings (SSSR count). The van der Waals surface area contributed by atoms with Gasteiger partial charge >= 0.3 is 5.97 Å². The van der Waals surface area contributed by atoms with Crippen LogP contribution in [0.5, 0.6) is 5.75 Å². The molecule has 2 aromatic carbocycles. The maximum atomic E-state index is 12.9.